The molecular weight excluding hydrogens is 300 g/mol. The van der Waals surface area contributed by atoms with Crippen LogP contribution in [-0.4, -0.2) is 42.3 Å². The molecule has 0 unspecified atom stereocenters. The highest BCUT2D eigenvalue weighted by Gasteiger charge is 2.18. The molecule has 3 rings (SSSR count). The molecule has 0 saturated carbocycles. The summed E-state index contributed by atoms with van der Waals surface area (Å²) in [6.45, 7) is 10.5. The van der Waals surface area contributed by atoms with Crippen molar-refractivity contribution in [2.45, 2.75) is 33.4 Å². The topological polar surface area (TPSA) is 41.5 Å². The van der Waals surface area contributed by atoms with Gasteiger partial charge in [0.05, 0.1) is 13.2 Å². The normalized spacial score (nSPS) is 14.9. The standard InChI is InChI=1S/C19H26N4O/c1-15(2)23(14-17-7-5-4-6-8-17)18-13-16(3)20-19(21-18)22-9-11-24-12-10-22/h4-8,13,15H,9-12,14H2,1-3H3. The lowest BCUT2D eigenvalue weighted by molar-refractivity contribution is 0.122. The molecule has 1 aliphatic rings. The van der Waals surface area contributed by atoms with Gasteiger partial charge in [-0.2, -0.15) is 4.98 Å². The maximum Gasteiger partial charge on any atom is 0.227 e. The molecule has 0 atom stereocenters. The molecule has 1 aliphatic heterocycles. The summed E-state index contributed by atoms with van der Waals surface area (Å²) < 4.78 is 5.44. The fourth-order valence-corrected chi connectivity index (χ4v) is 2.90. The van der Waals surface area contributed by atoms with Crippen LogP contribution < -0.4 is 9.80 Å². The van der Waals surface area contributed by atoms with E-state index in [2.05, 4.69) is 65.0 Å². The number of anilines is 2. The molecule has 128 valence electrons. The van der Waals surface area contributed by atoms with Gasteiger partial charge in [-0.1, -0.05) is 30.3 Å². The van der Waals surface area contributed by atoms with Gasteiger partial charge in [-0.3, -0.25) is 0 Å². The number of morpholine rings is 1. The van der Waals surface area contributed by atoms with E-state index in [4.69, 9.17) is 9.72 Å². The Hall–Kier alpha value is -2.14. The quantitative estimate of drug-likeness (QED) is 0.845. The summed E-state index contributed by atoms with van der Waals surface area (Å²) in [6.07, 6.45) is 0. The molecule has 0 radical (unpaired) electrons. The van der Waals surface area contributed by atoms with E-state index in [9.17, 15) is 0 Å². The van der Waals surface area contributed by atoms with Gasteiger partial charge in [0.15, 0.2) is 0 Å². The molecule has 5 nitrogen and oxygen atoms in total. The van der Waals surface area contributed by atoms with Gasteiger partial charge in [0.25, 0.3) is 0 Å². The maximum absolute atomic E-state index is 5.44. The summed E-state index contributed by atoms with van der Waals surface area (Å²) in [5.74, 6) is 1.80. The molecule has 1 aromatic carbocycles. The van der Waals surface area contributed by atoms with Crippen LogP contribution in [0.25, 0.3) is 0 Å². The third-order valence-corrected chi connectivity index (χ3v) is 4.24. The first-order valence-corrected chi connectivity index (χ1v) is 8.62. The van der Waals surface area contributed by atoms with Gasteiger partial charge in [-0.05, 0) is 26.3 Å². The Morgan fingerprint density at radius 3 is 2.50 bits per heavy atom. The smallest absolute Gasteiger partial charge is 0.227 e. The Balaban J connectivity index is 1.88. The molecule has 0 spiro atoms. The average Bonchev–Trinajstić information content (AvgIpc) is 2.60. The van der Waals surface area contributed by atoms with E-state index >= 15 is 0 Å². The molecule has 0 bridgehead atoms. The molecule has 0 aliphatic carbocycles. The summed E-state index contributed by atoms with van der Waals surface area (Å²) >= 11 is 0. The molecule has 2 heterocycles. The maximum atomic E-state index is 5.44. The molecule has 1 saturated heterocycles. The third-order valence-electron chi connectivity index (χ3n) is 4.24. The van der Waals surface area contributed by atoms with Crippen molar-refractivity contribution in [3.8, 4) is 0 Å². The van der Waals surface area contributed by atoms with Crippen LogP contribution in [0.5, 0.6) is 0 Å². The van der Waals surface area contributed by atoms with E-state index < -0.39 is 0 Å². The number of aryl methyl sites for hydroxylation is 1. The van der Waals surface area contributed by atoms with Crippen molar-refractivity contribution in [3.63, 3.8) is 0 Å². The van der Waals surface area contributed by atoms with Crippen molar-refractivity contribution in [1.82, 2.24) is 9.97 Å². The largest absolute Gasteiger partial charge is 0.378 e. The van der Waals surface area contributed by atoms with Gasteiger partial charge in [-0.25, -0.2) is 4.98 Å². The van der Waals surface area contributed by atoms with Gasteiger partial charge >= 0.3 is 0 Å². The van der Waals surface area contributed by atoms with Gasteiger partial charge in [0.2, 0.25) is 5.95 Å². The predicted molar refractivity (Wildman–Crippen MR) is 97.6 cm³/mol. The van der Waals surface area contributed by atoms with E-state index in [1.807, 2.05) is 6.92 Å². The first-order chi connectivity index (χ1) is 11.6. The summed E-state index contributed by atoms with van der Waals surface area (Å²) in [6, 6.07) is 13.0. The zero-order valence-corrected chi connectivity index (χ0v) is 14.8. The van der Waals surface area contributed by atoms with Crippen molar-refractivity contribution in [3.05, 3.63) is 47.7 Å². The lowest BCUT2D eigenvalue weighted by Crippen LogP contribution is -2.38. The second-order valence-corrected chi connectivity index (χ2v) is 6.47. The number of benzene rings is 1. The zero-order chi connectivity index (χ0) is 16.9. The van der Waals surface area contributed by atoms with Crippen LogP contribution in [0.1, 0.15) is 25.1 Å². The number of aromatic nitrogens is 2. The SMILES string of the molecule is Cc1cc(N(Cc2ccccc2)C(C)C)nc(N2CCOCC2)n1. The monoisotopic (exact) mass is 326 g/mol. The van der Waals surface area contributed by atoms with Crippen LogP contribution in [0.3, 0.4) is 0 Å². The molecule has 0 N–H and O–H groups in total. The third kappa shape index (κ3) is 4.03. The molecule has 0 amide bonds. The van der Waals surface area contributed by atoms with Crippen molar-refractivity contribution in [2.24, 2.45) is 0 Å². The Morgan fingerprint density at radius 1 is 1.12 bits per heavy atom. The Bertz CT molecular complexity index is 654. The number of rotatable bonds is 5. The number of hydrogen-bond acceptors (Lipinski definition) is 5. The summed E-state index contributed by atoms with van der Waals surface area (Å²) in [5.41, 5.74) is 2.29. The second-order valence-electron chi connectivity index (χ2n) is 6.47. The van der Waals surface area contributed by atoms with E-state index in [0.717, 1.165) is 50.3 Å². The zero-order valence-electron chi connectivity index (χ0n) is 14.8. The van der Waals surface area contributed by atoms with E-state index in [-0.39, 0.29) is 0 Å². The van der Waals surface area contributed by atoms with Crippen LogP contribution in [0.4, 0.5) is 11.8 Å². The number of hydrogen-bond donors (Lipinski definition) is 0. The fourth-order valence-electron chi connectivity index (χ4n) is 2.90. The predicted octanol–water partition coefficient (Wildman–Crippen LogP) is 3.04. The van der Waals surface area contributed by atoms with Crippen LogP contribution in [0, 0.1) is 6.92 Å². The highest BCUT2D eigenvalue weighted by atomic mass is 16.5. The van der Waals surface area contributed by atoms with E-state index in [1.165, 1.54) is 5.56 Å². The van der Waals surface area contributed by atoms with Crippen molar-refractivity contribution in [1.29, 1.82) is 0 Å². The minimum absolute atomic E-state index is 0.358. The number of nitrogens with zero attached hydrogens (tertiary/aromatic N) is 4. The lowest BCUT2D eigenvalue weighted by atomic mass is 10.2. The van der Waals surface area contributed by atoms with E-state index in [0.29, 0.717) is 6.04 Å². The number of ether oxygens (including phenoxy) is 1. The van der Waals surface area contributed by atoms with Crippen LogP contribution in [0.15, 0.2) is 36.4 Å². The second kappa shape index (κ2) is 7.62. The van der Waals surface area contributed by atoms with Gasteiger partial charge in [0, 0.05) is 37.4 Å². The Morgan fingerprint density at radius 2 is 1.83 bits per heavy atom. The molecule has 1 fully saturated rings. The van der Waals surface area contributed by atoms with E-state index in [1.54, 1.807) is 0 Å². The first-order valence-electron chi connectivity index (χ1n) is 8.62. The van der Waals surface area contributed by atoms with Gasteiger partial charge < -0.3 is 14.5 Å². The summed E-state index contributed by atoms with van der Waals surface area (Å²) in [4.78, 5) is 14.0. The van der Waals surface area contributed by atoms with Crippen molar-refractivity contribution >= 4 is 11.8 Å². The van der Waals surface area contributed by atoms with Gasteiger partial charge in [0.1, 0.15) is 5.82 Å². The van der Waals surface area contributed by atoms with Crippen molar-refractivity contribution in [2.75, 3.05) is 36.1 Å². The Kier molecular flexibility index (Phi) is 5.30. The molecule has 2 aromatic rings. The highest BCUT2D eigenvalue weighted by Crippen LogP contribution is 2.22. The van der Waals surface area contributed by atoms with Crippen molar-refractivity contribution < 1.29 is 4.74 Å². The molecule has 5 heteroatoms. The van der Waals surface area contributed by atoms with Crippen LogP contribution >= 0.6 is 0 Å². The van der Waals surface area contributed by atoms with Crippen LogP contribution in [-0.2, 0) is 11.3 Å². The molecule has 1 aromatic heterocycles. The summed E-state index contributed by atoms with van der Waals surface area (Å²) in [7, 11) is 0. The lowest BCUT2D eigenvalue weighted by Gasteiger charge is -2.31. The molecular formula is C19H26N4O. The van der Waals surface area contributed by atoms with Crippen LogP contribution in [0.2, 0.25) is 0 Å². The fraction of sp³-hybridized carbons (Fsp3) is 0.474. The molecule has 24 heavy (non-hydrogen) atoms. The highest BCUT2D eigenvalue weighted by molar-refractivity contribution is 5.47. The van der Waals surface area contributed by atoms with Gasteiger partial charge in [-0.15, -0.1) is 0 Å². The first kappa shape index (κ1) is 16.7. The minimum Gasteiger partial charge on any atom is -0.378 e. The Labute approximate surface area is 144 Å². The average molecular weight is 326 g/mol. The minimum atomic E-state index is 0.358. The summed E-state index contributed by atoms with van der Waals surface area (Å²) in [5, 5.41) is 0.